The number of carbonyl (C=O) groups excluding carboxylic acids is 2. The van der Waals surface area contributed by atoms with Crippen LogP contribution >= 0.6 is 0 Å². The number of ether oxygens (including phenoxy) is 2. The number of hydrogen-bond donors (Lipinski definition) is 2. The molecule has 0 bridgehead atoms. The van der Waals surface area contributed by atoms with E-state index < -0.39 is 11.9 Å². The predicted octanol–water partition coefficient (Wildman–Crippen LogP) is 3.85. The first-order valence-electron chi connectivity index (χ1n) is 8.75. The van der Waals surface area contributed by atoms with Gasteiger partial charge in [0.25, 0.3) is 0 Å². The van der Waals surface area contributed by atoms with Gasteiger partial charge in [-0.2, -0.15) is 4.98 Å². The zero-order valence-corrected chi connectivity index (χ0v) is 16.2. The number of carbonyl (C=O) groups is 2. The van der Waals surface area contributed by atoms with Crippen LogP contribution in [0.25, 0.3) is 0 Å². The molecule has 0 saturated heterocycles. The summed E-state index contributed by atoms with van der Waals surface area (Å²) in [6.07, 6.45) is 0. The second kappa shape index (κ2) is 8.83. The molecule has 0 radical (unpaired) electrons. The summed E-state index contributed by atoms with van der Waals surface area (Å²) in [4.78, 5) is 32.5. The van der Waals surface area contributed by atoms with Gasteiger partial charge in [0.15, 0.2) is 0 Å². The largest absolute Gasteiger partial charge is 0.465 e. The van der Waals surface area contributed by atoms with E-state index in [-0.39, 0.29) is 0 Å². The van der Waals surface area contributed by atoms with Gasteiger partial charge < -0.3 is 20.1 Å². The van der Waals surface area contributed by atoms with Crippen molar-refractivity contribution >= 4 is 35.1 Å². The van der Waals surface area contributed by atoms with Crippen molar-refractivity contribution in [3.63, 3.8) is 0 Å². The van der Waals surface area contributed by atoms with Crippen LogP contribution in [0.4, 0.5) is 23.1 Å². The van der Waals surface area contributed by atoms with Crippen LogP contribution in [-0.4, -0.2) is 36.1 Å². The van der Waals surface area contributed by atoms with Crippen molar-refractivity contribution in [3.8, 4) is 0 Å². The van der Waals surface area contributed by atoms with Crippen LogP contribution in [0, 0.1) is 6.92 Å². The number of benzene rings is 2. The second-order valence-electron chi connectivity index (χ2n) is 6.08. The highest BCUT2D eigenvalue weighted by molar-refractivity contribution is 5.96. The topological polar surface area (TPSA) is 102 Å². The third-order valence-electron chi connectivity index (χ3n) is 3.99. The Bertz CT molecular complexity index is 1050. The number of aromatic nitrogens is 2. The average Bonchev–Trinajstić information content (AvgIpc) is 2.72. The van der Waals surface area contributed by atoms with Gasteiger partial charge in [-0.3, -0.25) is 0 Å². The molecule has 2 N–H and O–H groups in total. The highest BCUT2D eigenvalue weighted by Gasteiger charge is 2.13. The number of para-hydroxylation sites is 1. The fourth-order valence-electron chi connectivity index (χ4n) is 2.68. The molecule has 0 spiro atoms. The molecule has 148 valence electrons. The SMILES string of the molecule is COC(=O)c1cccc(Nc2cc(C)nc(Nc3ccccc3C(=O)OC)n2)c1. The van der Waals surface area contributed by atoms with E-state index in [1.165, 1.54) is 14.2 Å². The van der Waals surface area contributed by atoms with E-state index in [2.05, 4.69) is 20.6 Å². The van der Waals surface area contributed by atoms with E-state index in [0.29, 0.717) is 40.0 Å². The molecule has 0 aliphatic heterocycles. The Hall–Kier alpha value is -3.94. The lowest BCUT2D eigenvalue weighted by molar-refractivity contribution is 0.0592. The molecule has 29 heavy (non-hydrogen) atoms. The van der Waals surface area contributed by atoms with Gasteiger partial charge in [0, 0.05) is 17.4 Å². The number of rotatable bonds is 6. The van der Waals surface area contributed by atoms with Gasteiger partial charge in [0.05, 0.1) is 31.0 Å². The van der Waals surface area contributed by atoms with Gasteiger partial charge in [-0.1, -0.05) is 18.2 Å². The molecule has 1 aromatic heterocycles. The number of hydrogen-bond acceptors (Lipinski definition) is 8. The van der Waals surface area contributed by atoms with Crippen LogP contribution < -0.4 is 10.6 Å². The van der Waals surface area contributed by atoms with Crippen molar-refractivity contribution < 1.29 is 19.1 Å². The minimum atomic E-state index is -0.460. The van der Waals surface area contributed by atoms with Gasteiger partial charge in [-0.15, -0.1) is 0 Å². The minimum absolute atomic E-state index is 0.313. The molecular weight excluding hydrogens is 372 g/mol. The Morgan fingerprint density at radius 3 is 2.38 bits per heavy atom. The van der Waals surface area contributed by atoms with Crippen LogP contribution in [0.15, 0.2) is 54.6 Å². The van der Waals surface area contributed by atoms with Crippen molar-refractivity contribution in [2.24, 2.45) is 0 Å². The van der Waals surface area contributed by atoms with E-state index >= 15 is 0 Å². The molecule has 0 unspecified atom stereocenters. The Balaban J connectivity index is 1.86. The van der Waals surface area contributed by atoms with Gasteiger partial charge in [0.1, 0.15) is 5.82 Å². The van der Waals surface area contributed by atoms with Gasteiger partial charge >= 0.3 is 11.9 Å². The minimum Gasteiger partial charge on any atom is -0.465 e. The molecule has 8 heteroatoms. The normalized spacial score (nSPS) is 10.2. The van der Waals surface area contributed by atoms with Crippen LogP contribution in [0.2, 0.25) is 0 Å². The van der Waals surface area contributed by atoms with Gasteiger partial charge in [0.2, 0.25) is 5.95 Å². The van der Waals surface area contributed by atoms with Gasteiger partial charge in [-0.25, -0.2) is 14.6 Å². The monoisotopic (exact) mass is 392 g/mol. The summed E-state index contributed by atoms with van der Waals surface area (Å²) < 4.78 is 9.56. The lowest BCUT2D eigenvalue weighted by Gasteiger charge is -2.12. The third-order valence-corrected chi connectivity index (χ3v) is 3.99. The lowest BCUT2D eigenvalue weighted by atomic mass is 10.2. The van der Waals surface area contributed by atoms with E-state index in [1.807, 2.05) is 13.0 Å². The van der Waals surface area contributed by atoms with Crippen molar-refractivity contribution in [3.05, 3.63) is 71.4 Å². The van der Waals surface area contributed by atoms with Gasteiger partial charge in [-0.05, 0) is 37.3 Å². The van der Waals surface area contributed by atoms with Crippen molar-refractivity contribution in [2.45, 2.75) is 6.92 Å². The molecule has 0 aliphatic rings. The molecule has 2 aromatic carbocycles. The summed E-state index contributed by atoms with van der Waals surface area (Å²) in [5.41, 5.74) is 2.72. The maximum absolute atomic E-state index is 12.0. The highest BCUT2D eigenvalue weighted by atomic mass is 16.5. The number of esters is 2. The Labute approximate surface area is 167 Å². The first-order valence-corrected chi connectivity index (χ1v) is 8.75. The Kier molecular flexibility index (Phi) is 6.03. The van der Waals surface area contributed by atoms with E-state index in [4.69, 9.17) is 9.47 Å². The summed E-state index contributed by atoms with van der Waals surface area (Å²) in [5, 5.41) is 6.20. The van der Waals surface area contributed by atoms with Crippen molar-refractivity contribution in [1.82, 2.24) is 9.97 Å². The van der Waals surface area contributed by atoms with E-state index in [0.717, 1.165) is 0 Å². The third kappa shape index (κ3) is 4.86. The molecule has 0 saturated carbocycles. The molecule has 1 heterocycles. The molecule has 3 rings (SSSR count). The average molecular weight is 392 g/mol. The van der Waals surface area contributed by atoms with Crippen LogP contribution in [0.1, 0.15) is 26.4 Å². The molecule has 0 atom stereocenters. The number of methoxy groups -OCH3 is 2. The zero-order chi connectivity index (χ0) is 20.8. The highest BCUT2D eigenvalue weighted by Crippen LogP contribution is 2.22. The summed E-state index contributed by atoms with van der Waals surface area (Å²) in [6, 6.07) is 15.6. The smallest absolute Gasteiger partial charge is 0.339 e. The van der Waals surface area contributed by atoms with E-state index in [1.54, 1.807) is 48.5 Å². The Morgan fingerprint density at radius 1 is 0.862 bits per heavy atom. The lowest BCUT2D eigenvalue weighted by Crippen LogP contribution is -2.08. The standard InChI is InChI=1S/C21H20N4O4/c1-13-11-18(23-15-8-6-7-14(12-15)19(26)28-2)25-21(22-13)24-17-10-5-4-9-16(17)20(27)29-3/h4-12H,1-3H3,(H2,22,23,24,25). The number of anilines is 4. The second-order valence-corrected chi connectivity index (χ2v) is 6.08. The molecule has 0 amide bonds. The molecular formula is C21H20N4O4. The quantitative estimate of drug-likeness (QED) is 0.610. The summed E-state index contributed by atoms with van der Waals surface area (Å²) in [7, 11) is 2.66. The summed E-state index contributed by atoms with van der Waals surface area (Å²) >= 11 is 0. The molecule has 0 fully saturated rings. The fraction of sp³-hybridized carbons (Fsp3) is 0.143. The molecule has 3 aromatic rings. The Morgan fingerprint density at radius 2 is 1.62 bits per heavy atom. The van der Waals surface area contributed by atoms with E-state index in [9.17, 15) is 9.59 Å². The maximum Gasteiger partial charge on any atom is 0.339 e. The summed E-state index contributed by atoms with van der Waals surface area (Å²) in [6.45, 7) is 1.83. The van der Waals surface area contributed by atoms with Crippen LogP contribution in [0.5, 0.6) is 0 Å². The number of nitrogens with zero attached hydrogens (tertiary/aromatic N) is 2. The zero-order valence-electron chi connectivity index (χ0n) is 16.2. The fourth-order valence-corrected chi connectivity index (χ4v) is 2.68. The summed E-state index contributed by atoms with van der Waals surface area (Å²) in [5.74, 6) is -0.0430. The number of aryl methyl sites for hydroxylation is 1. The van der Waals surface area contributed by atoms with Crippen molar-refractivity contribution in [1.29, 1.82) is 0 Å². The first-order chi connectivity index (χ1) is 14.0. The number of nitrogens with one attached hydrogen (secondary N) is 2. The molecule has 0 aliphatic carbocycles. The van der Waals surface area contributed by atoms with Crippen molar-refractivity contribution in [2.75, 3.05) is 24.9 Å². The molecule has 8 nitrogen and oxygen atoms in total. The maximum atomic E-state index is 12.0. The van der Waals surface area contributed by atoms with Crippen LogP contribution in [0.3, 0.4) is 0 Å². The van der Waals surface area contributed by atoms with Crippen LogP contribution in [-0.2, 0) is 9.47 Å². The predicted molar refractivity (Wildman–Crippen MR) is 109 cm³/mol. The first kappa shape index (κ1) is 19.8.